The molecule has 0 fully saturated rings. The van der Waals surface area contributed by atoms with Crippen molar-refractivity contribution in [2.45, 2.75) is 50.3 Å². The summed E-state index contributed by atoms with van der Waals surface area (Å²) in [5, 5.41) is 10.7. The lowest BCUT2D eigenvalue weighted by molar-refractivity contribution is -0.384. The van der Waals surface area contributed by atoms with E-state index in [1.807, 2.05) is 0 Å². The van der Waals surface area contributed by atoms with Gasteiger partial charge in [-0.2, -0.15) is 0 Å². The SMILES string of the molecule is CC(C)CCCC(C)NS(=O)(=O)c1cc([N+](=O)[O-])c(Cl)s1. The molecule has 1 heterocycles. The molecule has 1 N–H and O–H groups in total. The lowest BCUT2D eigenvalue weighted by Crippen LogP contribution is -2.32. The Hall–Kier alpha value is -0.700. The monoisotopic (exact) mass is 354 g/mol. The Morgan fingerprint density at radius 2 is 2.00 bits per heavy atom. The van der Waals surface area contributed by atoms with Gasteiger partial charge in [0.15, 0.2) is 4.34 Å². The highest BCUT2D eigenvalue weighted by Gasteiger charge is 2.26. The Kier molecular flexibility index (Phi) is 6.58. The number of thiophene rings is 1. The number of nitrogens with zero attached hydrogens (tertiary/aromatic N) is 1. The van der Waals surface area contributed by atoms with Crippen LogP contribution in [0.15, 0.2) is 10.3 Å². The summed E-state index contributed by atoms with van der Waals surface area (Å²) in [6.07, 6.45) is 2.67. The molecule has 1 aromatic rings. The first-order valence-electron chi connectivity index (χ1n) is 6.59. The second-order valence-corrected chi connectivity index (χ2v) is 8.92. The van der Waals surface area contributed by atoms with Crippen LogP contribution in [-0.4, -0.2) is 19.4 Å². The highest BCUT2D eigenvalue weighted by atomic mass is 35.5. The summed E-state index contributed by atoms with van der Waals surface area (Å²) in [5.41, 5.74) is -0.380. The fourth-order valence-corrected chi connectivity index (χ4v) is 4.77. The minimum Gasteiger partial charge on any atom is -0.258 e. The molecule has 1 atom stereocenters. The first-order chi connectivity index (χ1) is 9.63. The van der Waals surface area contributed by atoms with Crippen LogP contribution in [0.3, 0.4) is 0 Å². The molecule has 0 aliphatic heterocycles. The summed E-state index contributed by atoms with van der Waals surface area (Å²) in [7, 11) is -3.77. The normalized spacial score (nSPS) is 13.6. The van der Waals surface area contributed by atoms with Crippen LogP contribution in [0.25, 0.3) is 0 Å². The molecule has 21 heavy (non-hydrogen) atoms. The highest BCUT2D eigenvalue weighted by molar-refractivity contribution is 7.91. The highest BCUT2D eigenvalue weighted by Crippen LogP contribution is 2.36. The van der Waals surface area contributed by atoms with Crippen molar-refractivity contribution < 1.29 is 13.3 Å². The molecule has 0 aromatic carbocycles. The standard InChI is InChI=1S/C12H19ClN2O4S2/c1-8(2)5-4-6-9(3)14-21(18,19)11-7-10(15(16)17)12(13)20-11/h7-9,14H,4-6H2,1-3H3. The van der Waals surface area contributed by atoms with Crippen LogP contribution in [-0.2, 0) is 10.0 Å². The van der Waals surface area contributed by atoms with E-state index in [0.717, 1.165) is 25.3 Å². The van der Waals surface area contributed by atoms with Gasteiger partial charge in [0.2, 0.25) is 0 Å². The molecule has 0 radical (unpaired) electrons. The Balaban J connectivity index is 2.73. The third-order valence-corrected chi connectivity index (χ3v) is 6.28. The smallest absolute Gasteiger partial charge is 0.258 e. The number of hydrogen-bond acceptors (Lipinski definition) is 5. The number of nitrogens with one attached hydrogen (secondary N) is 1. The summed E-state index contributed by atoms with van der Waals surface area (Å²) in [4.78, 5) is 10.0. The Morgan fingerprint density at radius 1 is 1.38 bits per heavy atom. The van der Waals surface area contributed by atoms with Gasteiger partial charge >= 0.3 is 0 Å². The summed E-state index contributed by atoms with van der Waals surface area (Å²) in [5.74, 6) is 0.576. The third kappa shape index (κ3) is 5.54. The quantitative estimate of drug-likeness (QED) is 0.567. The zero-order valence-corrected chi connectivity index (χ0v) is 14.5. The topological polar surface area (TPSA) is 89.3 Å². The van der Waals surface area contributed by atoms with Gasteiger partial charge in [-0.15, -0.1) is 11.3 Å². The predicted octanol–water partition coefficient (Wildman–Crippen LogP) is 3.80. The van der Waals surface area contributed by atoms with Crippen LogP contribution in [0, 0.1) is 16.0 Å². The van der Waals surface area contributed by atoms with E-state index in [1.165, 1.54) is 0 Å². The minimum atomic E-state index is -3.77. The van der Waals surface area contributed by atoms with Gasteiger partial charge in [-0.25, -0.2) is 13.1 Å². The van der Waals surface area contributed by atoms with Gasteiger partial charge in [-0.3, -0.25) is 10.1 Å². The van der Waals surface area contributed by atoms with Crippen molar-refractivity contribution in [3.63, 3.8) is 0 Å². The molecule has 1 rings (SSSR count). The van der Waals surface area contributed by atoms with E-state index >= 15 is 0 Å². The van der Waals surface area contributed by atoms with E-state index in [4.69, 9.17) is 11.6 Å². The minimum absolute atomic E-state index is 0.130. The maximum absolute atomic E-state index is 12.1. The largest absolute Gasteiger partial charge is 0.300 e. The summed E-state index contributed by atoms with van der Waals surface area (Å²) < 4.78 is 26.6. The van der Waals surface area contributed by atoms with Gasteiger partial charge in [-0.05, 0) is 19.3 Å². The van der Waals surface area contributed by atoms with E-state index in [9.17, 15) is 18.5 Å². The molecule has 0 amide bonds. The second kappa shape index (κ2) is 7.53. The molecule has 9 heteroatoms. The molecule has 0 saturated carbocycles. The number of hydrogen-bond donors (Lipinski definition) is 1. The molecule has 0 saturated heterocycles. The molecule has 120 valence electrons. The third-order valence-electron chi connectivity index (χ3n) is 2.88. The van der Waals surface area contributed by atoms with Gasteiger partial charge in [-0.1, -0.05) is 38.3 Å². The van der Waals surface area contributed by atoms with Gasteiger partial charge in [0.25, 0.3) is 15.7 Å². The average Bonchev–Trinajstić information content (AvgIpc) is 2.70. The maximum Gasteiger partial charge on any atom is 0.300 e. The first-order valence-corrected chi connectivity index (χ1v) is 9.27. The van der Waals surface area contributed by atoms with Crippen molar-refractivity contribution in [1.29, 1.82) is 0 Å². The molecule has 6 nitrogen and oxygen atoms in total. The van der Waals surface area contributed by atoms with Gasteiger partial charge < -0.3 is 0 Å². The molecule has 0 aliphatic rings. The van der Waals surface area contributed by atoms with E-state index in [0.29, 0.717) is 17.3 Å². The zero-order chi connectivity index (χ0) is 16.2. The lowest BCUT2D eigenvalue weighted by atomic mass is 10.0. The van der Waals surface area contributed by atoms with Crippen molar-refractivity contribution in [1.82, 2.24) is 4.72 Å². The number of sulfonamides is 1. The Labute approximate surface area is 133 Å². The molecule has 1 unspecified atom stereocenters. The van der Waals surface area contributed by atoms with Gasteiger partial charge in [0.05, 0.1) is 4.92 Å². The first kappa shape index (κ1) is 18.3. The van der Waals surface area contributed by atoms with E-state index in [1.54, 1.807) is 6.92 Å². The summed E-state index contributed by atoms with van der Waals surface area (Å²) in [6.45, 7) is 6.00. The average molecular weight is 355 g/mol. The number of halogens is 1. The number of rotatable bonds is 8. The molecule has 1 aromatic heterocycles. The van der Waals surface area contributed by atoms with Crippen LogP contribution in [0.2, 0.25) is 4.34 Å². The van der Waals surface area contributed by atoms with Crippen LogP contribution in [0.4, 0.5) is 5.69 Å². The fourth-order valence-electron chi connectivity index (χ4n) is 1.81. The number of nitro groups is 1. The second-order valence-electron chi connectivity index (χ2n) is 5.33. The van der Waals surface area contributed by atoms with Crippen molar-refractivity contribution >= 4 is 38.6 Å². The van der Waals surface area contributed by atoms with Crippen LogP contribution < -0.4 is 4.72 Å². The van der Waals surface area contributed by atoms with E-state index in [2.05, 4.69) is 18.6 Å². The zero-order valence-electron chi connectivity index (χ0n) is 12.1. The van der Waals surface area contributed by atoms with E-state index in [-0.39, 0.29) is 20.3 Å². The maximum atomic E-state index is 12.1. The van der Waals surface area contributed by atoms with Crippen molar-refractivity contribution in [2.75, 3.05) is 0 Å². The summed E-state index contributed by atoms with van der Waals surface area (Å²) >= 11 is 6.38. The van der Waals surface area contributed by atoms with Crippen molar-refractivity contribution in [2.24, 2.45) is 5.92 Å². The summed E-state index contributed by atoms with van der Waals surface area (Å²) in [6, 6.07) is 0.768. The van der Waals surface area contributed by atoms with E-state index < -0.39 is 14.9 Å². The van der Waals surface area contributed by atoms with Crippen LogP contribution in [0.1, 0.15) is 40.0 Å². The molecule has 0 bridgehead atoms. The lowest BCUT2D eigenvalue weighted by Gasteiger charge is -2.13. The molecular weight excluding hydrogens is 336 g/mol. The Bertz CT molecular complexity index is 598. The van der Waals surface area contributed by atoms with Crippen LogP contribution >= 0.6 is 22.9 Å². The molecule has 0 spiro atoms. The predicted molar refractivity (Wildman–Crippen MR) is 84.5 cm³/mol. The molecular formula is C12H19ClN2O4S2. The van der Waals surface area contributed by atoms with Gasteiger partial charge in [0.1, 0.15) is 4.21 Å². The van der Waals surface area contributed by atoms with Crippen LogP contribution in [0.5, 0.6) is 0 Å². The molecule has 0 aliphatic carbocycles. The van der Waals surface area contributed by atoms with Crippen molar-refractivity contribution in [3.05, 3.63) is 20.5 Å². The Morgan fingerprint density at radius 3 is 2.48 bits per heavy atom. The van der Waals surface area contributed by atoms with Crippen molar-refractivity contribution in [3.8, 4) is 0 Å². The van der Waals surface area contributed by atoms with Gasteiger partial charge in [0, 0.05) is 12.1 Å². The fraction of sp³-hybridized carbons (Fsp3) is 0.667.